The molecular weight excluding hydrogens is 350 g/mol. The molecule has 0 atom stereocenters. The molecule has 2 aromatic heterocycles. The first-order chi connectivity index (χ1) is 13.6. The highest BCUT2D eigenvalue weighted by molar-refractivity contribution is 5.84. The molecule has 28 heavy (non-hydrogen) atoms. The first-order valence-electron chi connectivity index (χ1n) is 9.46. The lowest BCUT2D eigenvalue weighted by atomic mass is 10.2. The van der Waals surface area contributed by atoms with E-state index in [1.165, 1.54) is 0 Å². The second-order valence-electron chi connectivity index (χ2n) is 6.94. The molecule has 2 aromatic carbocycles. The number of fused-ring (bicyclic) bond motifs is 1. The summed E-state index contributed by atoms with van der Waals surface area (Å²) in [6.45, 7) is 6.85. The predicted molar refractivity (Wildman–Crippen MR) is 113 cm³/mol. The summed E-state index contributed by atoms with van der Waals surface area (Å²) in [5.41, 5.74) is 5.10. The summed E-state index contributed by atoms with van der Waals surface area (Å²) in [5, 5.41) is 3.14. The topological polar surface area (TPSA) is 68.0 Å². The van der Waals surface area contributed by atoms with E-state index in [2.05, 4.69) is 26.6 Å². The average molecular weight is 373 g/mol. The van der Waals surface area contributed by atoms with Crippen LogP contribution in [0.3, 0.4) is 0 Å². The lowest BCUT2D eigenvalue weighted by Crippen LogP contribution is -2.17. The number of hydrogen-bond donors (Lipinski definition) is 1. The van der Waals surface area contributed by atoms with Gasteiger partial charge in [-0.05, 0) is 44.5 Å². The van der Waals surface area contributed by atoms with Crippen molar-refractivity contribution in [2.24, 2.45) is 4.99 Å². The molecule has 0 radical (unpaired) electrons. The molecule has 6 nitrogen and oxygen atoms in total. The van der Waals surface area contributed by atoms with E-state index < -0.39 is 0 Å². The van der Waals surface area contributed by atoms with Crippen LogP contribution in [0.1, 0.15) is 30.2 Å². The largest absolute Gasteiger partial charge is 0.308 e. The van der Waals surface area contributed by atoms with E-state index in [0.29, 0.717) is 11.5 Å². The van der Waals surface area contributed by atoms with Crippen molar-refractivity contribution in [2.75, 3.05) is 0 Å². The quantitative estimate of drug-likeness (QED) is 0.530. The molecule has 1 N–H and O–H groups in total. The molecule has 142 valence electrons. The Morgan fingerprint density at radius 3 is 2.61 bits per heavy atom. The Labute approximate surface area is 163 Å². The zero-order valence-corrected chi connectivity index (χ0v) is 16.3. The number of aryl methyl sites for hydroxylation is 3. The molecule has 0 aliphatic rings. The number of imidazole rings is 1. The molecule has 0 amide bonds. The van der Waals surface area contributed by atoms with E-state index in [4.69, 9.17) is 0 Å². The maximum Gasteiger partial charge on any atom is 0.280 e. The summed E-state index contributed by atoms with van der Waals surface area (Å²) >= 11 is 0. The van der Waals surface area contributed by atoms with Crippen LogP contribution in [0.5, 0.6) is 0 Å². The Kier molecular flexibility index (Phi) is 4.69. The minimum Gasteiger partial charge on any atom is -0.308 e. The van der Waals surface area contributed by atoms with Crippen molar-refractivity contribution in [3.63, 3.8) is 0 Å². The van der Waals surface area contributed by atoms with E-state index in [-0.39, 0.29) is 5.56 Å². The maximum atomic E-state index is 12.9. The third-order valence-corrected chi connectivity index (χ3v) is 4.80. The number of aromatic nitrogens is 4. The summed E-state index contributed by atoms with van der Waals surface area (Å²) in [5.74, 6) is 0.616. The van der Waals surface area contributed by atoms with Crippen LogP contribution in [-0.4, -0.2) is 25.5 Å². The van der Waals surface area contributed by atoms with Crippen molar-refractivity contribution in [3.8, 4) is 5.69 Å². The van der Waals surface area contributed by atoms with Crippen LogP contribution in [0.2, 0.25) is 0 Å². The third kappa shape index (κ3) is 3.17. The Morgan fingerprint density at radius 1 is 1.11 bits per heavy atom. The lowest BCUT2D eigenvalue weighted by molar-refractivity contribution is 0.701. The zero-order chi connectivity index (χ0) is 19.7. The van der Waals surface area contributed by atoms with Gasteiger partial charge in [-0.3, -0.25) is 9.89 Å². The smallest absolute Gasteiger partial charge is 0.280 e. The van der Waals surface area contributed by atoms with Crippen LogP contribution >= 0.6 is 0 Å². The van der Waals surface area contributed by atoms with Gasteiger partial charge < -0.3 is 4.57 Å². The number of aromatic amines is 1. The number of nitrogens with one attached hydrogen (secondary N) is 1. The van der Waals surface area contributed by atoms with Crippen LogP contribution in [0, 0.1) is 13.8 Å². The highest BCUT2D eigenvalue weighted by atomic mass is 16.1. The van der Waals surface area contributed by atoms with E-state index in [9.17, 15) is 4.79 Å². The van der Waals surface area contributed by atoms with Crippen molar-refractivity contribution < 1.29 is 0 Å². The van der Waals surface area contributed by atoms with Gasteiger partial charge in [-0.25, -0.2) is 14.7 Å². The van der Waals surface area contributed by atoms with Gasteiger partial charge in [0.2, 0.25) is 5.95 Å². The van der Waals surface area contributed by atoms with Crippen LogP contribution in [0.4, 0.5) is 5.95 Å². The Balaban J connectivity index is 1.75. The summed E-state index contributed by atoms with van der Waals surface area (Å²) < 4.78 is 3.64. The molecule has 6 heteroatoms. The molecule has 0 spiro atoms. The predicted octanol–water partition coefficient (Wildman–Crippen LogP) is 4.29. The van der Waals surface area contributed by atoms with Crippen molar-refractivity contribution in [1.82, 2.24) is 19.3 Å². The normalized spacial score (nSPS) is 11.7. The van der Waals surface area contributed by atoms with E-state index in [0.717, 1.165) is 40.9 Å². The van der Waals surface area contributed by atoms with Crippen molar-refractivity contribution >= 4 is 23.2 Å². The Morgan fingerprint density at radius 2 is 1.86 bits per heavy atom. The average Bonchev–Trinajstić information content (AvgIpc) is 3.18. The molecule has 0 bridgehead atoms. The fourth-order valence-corrected chi connectivity index (χ4v) is 3.31. The second kappa shape index (κ2) is 7.31. The number of aliphatic imine (C=N–C) groups is 1. The standard InChI is InChI=1S/C22H23N5O/c1-4-13-26-20-8-6-5-7-19(20)24-22(26)23-14-18-16(3)25-27(21(18)28)17-11-9-15(2)10-12-17/h5-12,14,25H,4,13H2,1-3H3. The van der Waals surface area contributed by atoms with Gasteiger partial charge in [0.05, 0.1) is 22.3 Å². The highest BCUT2D eigenvalue weighted by Crippen LogP contribution is 2.22. The van der Waals surface area contributed by atoms with E-state index >= 15 is 0 Å². The minimum atomic E-state index is -0.122. The van der Waals surface area contributed by atoms with E-state index in [1.54, 1.807) is 10.9 Å². The lowest BCUT2D eigenvalue weighted by Gasteiger charge is -2.03. The maximum absolute atomic E-state index is 12.9. The van der Waals surface area contributed by atoms with E-state index in [1.807, 2.05) is 62.4 Å². The van der Waals surface area contributed by atoms with Gasteiger partial charge in [0, 0.05) is 18.5 Å². The van der Waals surface area contributed by atoms with Gasteiger partial charge >= 0.3 is 0 Å². The van der Waals surface area contributed by atoms with Gasteiger partial charge in [0.1, 0.15) is 0 Å². The number of nitrogens with zero attached hydrogens (tertiary/aromatic N) is 4. The van der Waals surface area contributed by atoms with Gasteiger partial charge in [-0.15, -0.1) is 0 Å². The van der Waals surface area contributed by atoms with Crippen molar-refractivity contribution in [1.29, 1.82) is 0 Å². The van der Waals surface area contributed by atoms with Crippen molar-refractivity contribution in [2.45, 2.75) is 33.7 Å². The number of H-pyrrole nitrogens is 1. The molecule has 0 aliphatic carbocycles. The molecule has 0 fully saturated rings. The second-order valence-corrected chi connectivity index (χ2v) is 6.94. The molecular formula is C22H23N5O. The van der Waals surface area contributed by atoms with Gasteiger partial charge in [-0.1, -0.05) is 36.8 Å². The molecule has 4 rings (SSSR count). The monoisotopic (exact) mass is 373 g/mol. The number of benzene rings is 2. The van der Waals surface area contributed by atoms with Gasteiger partial charge in [0.15, 0.2) is 0 Å². The number of hydrogen-bond acceptors (Lipinski definition) is 3. The first kappa shape index (κ1) is 18.0. The Hall–Kier alpha value is -3.41. The molecule has 0 aliphatic heterocycles. The third-order valence-electron chi connectivity index (χ3n) is 4.80. The summed E-state index contributed by atoms with van der Waals surface area (Å²) in [4.78, 5) is 22.1. The number of rotatable bonds is 5. The molecule has 2 heterocycles. The van der Waals surface area contributed by atoms with Crippen molar-refractivity contribution in [3.05, 3.63) is 75.7 Å². The molecule has 4 aromatic rings. The number of para-hydroxylation sites is 2. The zero-order valence-electron chi connectivity index (χ0n) is 16.3. The van der Waals surface area contributed by atoms with Gasteiger partial charge in [-0.2, -0.15) is 0 Å². The Bertz CT molecular complexity index is 1210. The van der Waals surface area contributed by atoms with Crippen LogP contribution in [0.25, 0.3) is 16.7 Å². The van der Waals surface area contributed by atoms with Crippen LogP contribution < -0.4 is 5.56 Å². The summed E-state index contributed by atoms with van der Waals surface area (Å²) in [7, 11) is 0. The fraction of sp³-hybridized carbons (Fsp3) is 0.227. The van der Waals surface area contributed by atoms with Crippen LogP contribution in [0.15, 0.2) is 58.3 Å². The minimum absolute atomic E-state index is 0.122. The van der Waals surface area contributed by atoms with Gasteiger partial charge in [0.25, 0.3) is 5.56 Å². The first-order valence-corrected chi connectivity index (χ1v) is 9.46. The molecule has 0 unspecified atom stereocenters. The SMILES string of the molecule is CCCn1c(N=Cc2c(C)[nH]n(-c3ccc(C)cc3)c2=O)nc2ccccc21. The fourth-order valence-electron chi connectivity index (χ4n) is 3.31. The summed E-state index contributed by atoms with van der Waals surface area (Å²) in [6, 6.07) is 15.8. The van der Waals surface area contributed by atoms with Crippen LogP contribution in [-0.2, 0) is 6.54 Å². The highest BCUT2D eigenvalue weighted by Gasteiger charge is 2.12. The molecule has 0 saturated carbocycles. The molecule has 0 saturated heterocycles. The summed E-state index contributed by atoms with van der Waals surface area (Å²) in [6.07, 6.45) is 2.60.